The van der Waals surface area contributed by atoms with Gasteiger partial charge in [0, 0.05) is 41.2 Å². The van der Waals surface area contributed by atoms with Crippen molar-refractivity contribution in [1.29, 1.82) is 0 Å². The van der Waals surface area contributed by atoms with Crippen molar-refractivity contribution in [3.05, 3.63) is 23.0 Å². The van der Waals surface area contributed by atoms with Gasteiger partial charge in [-0.3, -0.25) is 4.98 Å². The Morgan fingerprint density at radius 2 is 2.06 bits per heavy atom. The molecule has 0 radical (unpaired) electrons. The zero-order chi connectivity index (χ0) is 13.7. The molecule has 1 rings (SSSR count). The molecule has 0 spiro atoms. The highest BCUT2D eigenvalue weighted by molar-refractivity contribution is 7.99. The van der Waals surface area contributed by atoms with Crippen LogP contribution in [0.15, 0.2) is 6.20 Å². The molecular weight excluding hydrogens is 244 g/mol. The van der Waals surface area contributed by atoms with Crippen molar-refractivity contribution in [2.75, 3.05) is 12.9 Å². The highest BCUT2D eigenvalue weighted by Gasteiger charge is 2.13. The Balaban J connectivity index is 2.73. The SMILES string of the molecule is COc1c(C)cnc(CC(N)CSC(C)C)c1C. The van der Waals surface area contributed by atoms with Crippen molar-refractivity contribution in [3.8, 4) is 5.75 Å². The molecule has 1 aromatic heterocycles. The number of nitrogens with two attached hydrogens (primary N) is 1. The van der Waals surface area contributed by atoms with E-state index >= 15 is 0 Å². The number of aryl methyl sites for hydroxylation is 1. The second kappa shape index (κ2) is 7.00. The van der Waals surface area contributed by atoms with Crippen LogP contribution in [0.25, 0.3) is 0 Å². The Kier molecular flexibility index (Phi) is 5.96. The van der Waals surface area contributed by atoms with E-state index in [1.807, 2.05) is 24.9 Å². The Hall–Kier alpha value is -0.740. The summed E-state index contributed by atoms with van der Waals surface area (Å²) in [6, 6.07) is 0.149. The van der Waals surface area contributed by atoms with E-state index in [1.54, 1.807) is 7.11 Å². The number of ether oxygens (including phenoxy) is 1. The molecule has 0 bridgehead atoms. The van der Waals surface area contributed by atoms with E-state index in [4.69, 9.17) is 10.5 Å². The van der Waals surface area contributed by atoms with Crippen LogP contribution in [0, 0.1) is 13.8 Å². The van der Waals surface area contributed by atoms with Gasteiger partial charge < -0.3 is 10.5 Å². The van der Waals surface area contributed by atoms with Gasteiger partial charge in [0.1, 0.15) is 5.75 Å². The van der Waals surface area contributed by atoms with E-state index in [-0.39, 0.29) is 6.04 Å². The summed E-state index contributed by atoms with van der Waals surface area (Å²) in [6.07, 6.45) is 2.67. The zero-order valence-corrected chi connectivity index (χ0v) is 12.8. The molecule has 0 aliphatic carbocycles. The molecule has 0 saturated heterocycles. The highest BCUT2D eigenvalue weighted by atomic mass is 32.2. The molecule has 1 atom stereocenters. The Morgan fingerprint density at radius 1 is 1.39 bits per heavy atom. The first-order chi connectivity index (χ1) is 8.45. The highest BCUT2D eigenvalue weighted by Crippen LogP contribution is 2.25. The normalized spacial score (nSPS) is 12.8. The fourth-order valence-electron chi connectivity index (χ4n) is 1.90. The molecule has 1 unspecified atom stereocenters. The maximum atomic E-state index is 6.15. The molecule has 0 aromatic carbocycles. The van der Waals surface area contributed by atoms with Crippen molar-refractivity contribution in [3.63, 3.8) is 0 Å². The van der Waals surface area contributed by atoms with Crippen molar-refractivity contribution in [2.24, 2.45) is 5.73 Å². The monoisotopic (exact) mass is 268 g/mol. The number of methoxy groups -OCH3 is 1. The molecule has 1 aromatic rings. The van der Waals surface area contributed by atoms with E-state index < -0.39 is 0 Å². The lowest BCUT2D eigenvalue weighted by Gasteiger charge is -2.16. The fraction of sp³-hybridized carbons (Fsp3) is 0.643. The average Bonchev–Trinajstić information content (AvgIpc) is 2.31. The minimum Gasteiger partial charge on any atom is -0.496 e. The zero-order valence-electron chi connectivity index (χ0n) is 12.0. The molecule has 102 valence electrons. The number of aromatic nitrogens is 1. The first kappa shape index (κ1) is 15.3. The van der Waals surface area contributed by atoms with Crippen LogP contribution in [0.3, 0.4) is 0 Å². The third-order valence-electron chi connectivity index (χ3n) is 2.85. The lowest BCUT2D eigenvalue weighted by atomic mass is 10.1. The number of nitrogens with zero attached hydrogens (tertiary/aromatic N) is 1. The predicted molar refractivity (Wildman–Crippen MR) is 79.5 cm³/mol. The quantitative estimate of drug-likeness (QED) is 0.862. The summed E-state index contributed by atoms with van der Waals surface area (Å²) in [5.74, 6) is 1.90. The van der Waals surface area contributed by atoms with E-state index in [1.165, 1.54) is 0 Å². The summed E-state index contributed by atoms with van der Waals surface area (Å²) in [5, 5.41) is 0.623. The largest absolute Gasteiger partial charge is 0.496 e. The Labute approximate surface area is 115 Å². The number of hydrogen-bond acceptors (Lipinski definition) is 4. The number of pyridine rings is 1. The van der Waals surface area contributed by atoms with Gasteiger partial charge in [-0.2, -0.15) is 11.8 Å². The minimum atomic E-state index is 0.149. The molecule has 18 heavy (non-hydrogen) atoms. The summed E-state index contributed by atoms with van der Waals surface area (Å²) in [4.78, 5) is 4.48. The molecule has 0 fully saturated rings. The molecule has 1 heterocycles. The third-order valence-corrected chi connectivity index (χ3v) is 4.14. The predicted octanol–water partition coefficient (Wildman–Crippen LogP) is 2.72. The fourth-order valence-corrected chi connectivity index (χ4v) is 2.65. The summed E-state index contributed by atoms with van der Waals surface area (Å²) in [5.41, 5.74) is 9.39. The Morgan fingerprint density at radius 3 is 2.61 bits per heavy atom. The van der Waals surface area contributed by atoms with Crippen LogP contribution >= 0.6 is 11.8 Å². The Bertz CT molecular complexity index is 394. The molecular formula is C14H24N2OS. The van der Waals surface area contributed by atoms with E-state index in [0.29, 0.717) is 5.25 Å². The van der Waals surface area contributed by atoms with Gasteiger partial charge in [0.05, 0.1) is 7.11 Å². The molecule has 4 heteroatoms. The van der Waals surface area contributed by atoms with Crippen LogP contribution in [0.5, 0.6) is 5.75 Å². The average molecular weight is 268 g/mol. The third kappa shape index (κ3) is 4.18. The summed E-state index contributed by atoms with van der Waals surface area (Å²) in [6.45, 7) is 8.44. The summed E-state index contributed by atoms with van der Waals surface area (Å²) in [7, 11) is 1.70. The van der Waals surface area contributed by atoms with Gasteiger partial charge in [0.2, 0.25) is 0 Å². The lowest BCUT2D eigenvalue weighted by molar-refractivity contribution is 0.406. The van der Waals surface area contributed by atoms with Crippen molar-refractivity contribution < 1.29 is 4.74 Å². The number of rotatable bonds is 6. The van der Waals surface area contributed by atoms with E-state index in [9.17, 15) is 0 Å². The number of thioether (sulfide) groups is 1. The van der Waals surface area contributed by atoms with Gasteiger partial charge in [-0.1, -0.05) is 13.8 Å². The smallest absolute Gasteiger partial charge is 0.128 e. The maximum absolute atomic E-state index is 6.15. The second-order valence-corrected chi connectivity index (χ2v) is 6.50. The van der Waals surface area contributed by atoms with Crippen LogP contribution in [0.4, 0.5) is 0 Å². The number of hydrogen-bond donors (Lipinski definition) is 1. The van der Waals surface area contributed by atoms with Crippen molar-refractivity contribution >= 4 is 11.8 Å². The molecule has 0 amide bonds. The van der Waals surface area contributed by atoms with Crippen LogP contribution < -0.4 is 10.5 Å². The van der Waals surface area contributed by atoms with Crippen molar-refractivity contribution in [1.82, 2.24) is 4.98 Å². The van der Waals surface area contributed by atoms with Crippen LogP contribution in [0.1, 0.15) is 30.7 Å². The minimum absolute atomic E-state index is 0.149. The van der Waals surface area contributed by atoms with Crippen LogP contribution in [0.2, 0.25) is 0 Å². The molecule has 2 N–H and O–H groups in total. The maximum Gasteiger partial charge on any atom is 0.128 e. The van der Waals surface area contributed by atoms with Crippen LogP contribution in [-0.4, -0.2) is 29.1 Å². The van der Waals surface area contributed by atoms with Crippen molar-refractivity contribution in [2.45, 2.75) is 45.4 Å². The van der Waals surface area contributed by atoms with Gasteiger partial charge in [0.25, 0.3) is 0 Å². The van der Waals surface area contributed by atoms with Gasteiger partial charge in [0.15, 0.2) is 0 Å². The standard InChI is InChI=1S/C14H24N2OS/c1-9(2)18-8-12(15)6-13-11(4)14(17-5)10(3)7-16-13/h7,9,12H,6,8,15H2,1-5H3. The van der Waals surface area contributed by atoms with Crippen LogP contribution in [-0.2, 0) is 6.42 Å². The first-order valence-corrected chi connectivity index (χ1v) is 7.36. The van der Waals surface area contributed by atoms with Gasteiger partial charge in [-0.25, -0.2) is 0 Å². The summed E-state index contributed by atoms with van der Waals surface area (Å²) < 4.78 is 5.41. The molecule has 3 nitrogen and oxygen atoms in total. The summed E-state index contributed by atoms with van der Waals surface area (Å²) >= 11 is 1.89. The topological polar surface area (TPSA) is 48.1 Å². The molecule has 0 aliphatic heterocycles. The molecule has 0 aliphatic rings. The molecule has 0 saturated carbocycles. The lowest BCUT2D eigenvalue weighted by Crippen LogP contribution is -2.27. The van der Waals surface area contributed by atoms with Gasteiger partial charge >= 0.3 is 0 Å². The van der Waals surface area contributed by atoms with Gasteiger partial charge in [-0.05, 0) is 19.1 Å². The van der Waals surface area contributed by atoms with Gasteiger partial charge in [-0.15, -0.1) is 0 Å². The van der Waals surface area contributed by atoms with E-state index in [2.05, 4.69) is 25.8 Å². The second-order valence-electron chi connectivity index (χ2n) is 4.89. The first-order valence-electron chi connectivity index (χ1n) is 6.32. The van der Waals surface area contributed by atoms with E-state index in [0.717, 1.165) is 34.7 Å².